The van der Waals surface area contributed by atoms with Gasteiger partial charge in [-0.05, 0) is 56.3 Å². The summed E-state index contributed by atoms with van der Waals surface area (Å²) in [7, 11) is -3.89. The molecule has 0 saturated heterocycles. The molecule has 5 nitrogen and oxygen atoms in total. The van der Waals surface area contributed by atoms with E-state index in [0.29, 0.717) is 18.9 Å². The van der Waals surface area contributed by atoms with Crippen LogP contribution in [0.2, 0.25) is 0 Å². The van der Waals surface area contributed by atoms with E-state index < -0.39 is 10.1 Å². The van der Waals surface area contributed by atoms with Gasteiger partial charge in [-0.2, -0.15) is 8.42 Å². The summed E-state index contributed by atoms with van der Waals surface area (Å²) in [6, 6.07) is 21.3. The molecule has 0 heterocycles. The summed E-state index contributed by atoms with van der Waals surface area (Å²) in [4.78, 5) is 0.132. The Labute approximate surface area is 166 Å². The van der Waals surface area contributed by atoms with Crippen LogP contribution in [0, 0.1) is 6.92 Å². The number of para-hydroxylation sites is 1. The molecule has 0 aliphatic heterocycles. The molecule has 0 saturated carbocycles. The summed E-state index contributed by atoms with van der Waals surface area (Å²) >= 11 is 0. The third kappa shape index (κ3) is 5.04. The monoisotopic (exact) mass is 397 g/mol. The maximum Gasteiger partial charge on any atom is 0.339 e. The lowest BCUT2D eigenvalue weighted by atomic mass is 10.2. The molecule has 6 heteroatoms. The van der Waals surface area contributed by atoms with Gasteiger partial charge in [-0.25, -0.2) is 0 Å². The van der Waals surface area contributed by atoms with Crippen molar-refractivity contribution in [3.8, 4) is 11.5 Å². The van der Waals surface area contributed by atoms with Gasteiger partial charge in [0.25, 0.3) is 0 Å². The van der Waals surface area contributed by atoms with Crippen molar-refractivity contribution in [2.24, 2.45) is 0 Å². The Morgan fingerprint density at radius 1 is 0.893 bits per heavy atom. The first-order valence-electron chi connectivity index (χ1n) is 9.04. The second-order valence-electron chi connectivity index (χ2n) is 6.27. The third-order valence-electron chi connectivity index (χ3n) is 4.13. The molecule has 1 N–H and O–H groups in total. The van der Waals surface area contributed by atoms with Crippen molar-refractivity contribution in [3.63, 3.8) is 0 Å². The van der Waals surface area contributed by atoms with Crippen LogP contribution >= 0.6 is 0 Å². The van der Waals surface area contributed by atoms with Crippen LogP contribution in [0.3, 0.4) is 0 Å². The molecule has 0 radical (unpaired) electrons. The van der Waals surface area contributed by atoms with Crippen LogP contribution in [0.15, 0.2) is 77.7 Å². The van der Waals surface area contributed by atoms with Gasteiger partial charge < -0.3 is 14.2 Å². The minimum atomic E-state index is -3.89. The van der Waals surface area contributed by atoms with Crippen LogP contribution in [-0.4, -0.2) is 15.0 Å². The van der Waals surface area contributed by atoms with Crippen molar-refractivity contribution in [1.82, 2.24) is 0 Å². The van der Waals surface area contributed by atoms with E-state index in [9.17, 15) is 8.42 Å². The van der Waals surface area contributed by atoms with Gasteiger partial charge in [0, 0.05) is 17.8 Å². The topological polar surface area (TPSA) is 64.6 Å². The number of aryl methyl sites for hydroxylation is 1. The Morgan fingerprint density at radius 2 is 1.57 bits per heavy atom. The average molecular weight is 397 g/mol. The SMILES string of the molecule is CCOc1ccc(NCc2ccccc2OS(=O)(=O)c2ccc(C)cc2)cc1. The number of hydrogen-bond donors (Lipinski definition) is 1. The van der Waals surface area contributed by atoms with Crippen LogP contribution in [0.1, 0.15) is 18.1 Å². The summed E-state index contributed by atoms with van der Waals surface area (Å²) in [5.41, 5.74) is 2.63. The molecular weight excluding hydrogens is 374 g/mol. The maximum absolute atomic E-state index is 12.6. The first kappa shape index (κ1) is 19.8. The molecule has 0 unspecified atom stereocenters. The van der Waals surface area contributed by atoms with Gasteiger partial charge in [-0.15, -0.1) is 0 Å². The highest BCUT2D eigenvalue weighted by Crippen LogP contribution is 2.24. The Morgan fingerprint density at radius 3 is 2.25 bits per heavy atom. The van der Waals surface area contributed by atoms with Crippen molar-refractivity contribution in [2.45, 2.75) is 25.3 Å². The van der Waals surface area contributed by atoms with Crippen LogP contribution in [0.4, 0.5) is 5.69 Å². The number of anilines is 1. The predicted molar refractivity (Wildman–Crippen MR) is 110 cm³/mol. The zero-order chi connectivity index (χ0) is 20.0. The molecule has 0 spiro atoms. The quantitative estimate of drug-likeness (QED) is 0.555. The van der Waals surface area contributed by atoms with Crippen LogP contribution in [0.25, 0.3) is 0 Å². The fourth-order valence-corrected chi connectivity index (χ4v) is 3.60. The zero-order valence-electron chi connectivity index (χ0n) is 15.9. The Kier molecular flexibility index (Phi) is 6.21. The molecule has 28 heavy (non-hydrogen) atoms. The van der Waals surface area contributed by atoms with E-state index in [1.54, 1.807) is 36.4 Å². The number of rotatable bonds is 8. The number of ether oxygens (including phenoxy) is 1. The normalized spacial score (nSPS) is 11.1. The van der Waals surface area contributed by atoms with Crippen molar-refractivity contribution in [2.75, 3.05) is 11.9 Å². The molecule has 0 aliphatic carbocycles. The lowest BCUT2D eigenvalue weighted by Crippen LogP contribution is -2.12. The third-order valence-corrected chi connectivity index (χ3v) is 5.38. The van der Waals surface area contributed by atoms with E-state index in [4.69, 9.17) is 8.92 Å². The van der Waals surface area contributed by atoms with Gasteiger partial charge in [0.15, 0.2) is 0 Å². The van der Waals surface area contributed by atoms with Gasteiger partial charge in [-0.3, -0.25) is 0 Å². The van der Waals surface area contributed by atoms with Crippen LogP contribution in [-0.2, 0) is 16.7 Å². The summed E-state index contributed by atoms with van der Waals surface area (Å²) in [5.74, 6) is 1.11. The first-order chi connectivity index (χ1) is 13.5. The molecule has 0 fully saturated rings. The number of nitrogens with one attached hydrogen (secondary N) is 1. The van der Waals surface area contributed by atoms with Gasteiger partial charge >= 0.3 is 10.1 Å². The smallest absolute Gasteiger partial charge is 0.339 e. The van der Waals surface area contributed by atoms with Gasteiger partial charge in [0.1, 0.15) is 16.4 Å². The summed E-state index contributed by atoms with van der Waals surface area (Å²) in [6.45, 7) is 4.88. The van der Waals surface area contributed by atoms with Crippen LogP contribution in [0.5, 0.6) is 11.5 Å². The van der Waals surface area contributed by atoms with E-state index in [1.165, 1.54) is 0 Å². The first-order valence-corrected chi connectivity index (χ1v) is 10.4. The highest BCUT2D eigenvalue weighted by molar-refractivity contribution is 7.87. The summed E-state index contributed by atoms with van der Waals surface area (Å²) in [5, 5.41) is 3.27. The van der Waals surface area contributed by atoms with Gasteiger partial charge in [-0.1, -0.05) is 35.9 Å². The van der Waals surface area contributed by atoms with Gasteiger partial charge in [0.2, 0.25) is 0 Å². The summed E-state index contributed by atoms with van der Waals surface area (Å²) in [6.07, 6.45) is 0. The van der Waals surface area contributed by atoms with Crippen molar-refractivity contribution >= 4 is 15.8 Å². The molecule has 0 bridgehead atoms. The molecule has 0 aromatic heterocycles. The molecule has 0 aliphatic rings. The van der Waals surface area contributed by atoms with E-state index in [0.717, 1.165) is 22.6 Å². The molecular formula is C22H23NO4S. The Hall–Kier alpha value is -2.99. The fraction of sp³-hybridized carbons (Fsp3) is 0.182. The molecule has 3 rings (SSSR count). The Balaban J connectivity index is 1.73. The lowest BCUT2D eigenvalue weighted by Gasteiger charge is -2.13. The van der Waals surface area contributed by atoms with Gasteiger partial charge in [0.05, 0.1) is 6.61 Å². The maximum atomic E-state index is 12.6. The largest absolute Gasteiger partial charge is 0.494 e. The Bertz CT molecular complexity index is 1010. The highest BCUT2D eigenvalue weighted by Gasteiger charge is 2.18. The average Bonchev–Trinajstić information content (AvgIpc) is 2.69. The second-order valence-corrected chi connectivity index (χ2v) is 7.82. The van der Waals surface area contributed by atoms with Crippen LogP contribution < -0.4 is 14.2 Å². The second kappa shape index (κ2) is 8.80. The summed E-state index contributed by atoms with van der Waals surface area (Å²) < 4.78 is 36.0. The lowest BCUT2D eigenvalue weighted by molar-refractivity contribution is 0.340. The molecule has 3 aromatic carbocycles. The minimum absolute atomic E-state index is 0.132. The number of hydrogen-bond acceptors (Lipinski definition) is 5. The molecule has 146 valence electrons. The van der Waals surface area contributed by atoms with E-state index in [1.807, 2.05) is 50.2 Å². The zero-order valence-corrected chi connectivity index (χ0v) is 16.7. The van der Waals surface area contributed by atoms with Crippen molar-refractivity contribution < 1.29 is 17.3 Å². The number of benzene rings is 3. The molecule has 0 amide bonds. The van der Waals surface area contributed by atoms with E-state index in [-0.39, 0.29) is 4.90 Å². The van der Waals surface area contributed by atoms with Crippen molar-refractivity contribution in [1.29, 1.82) is 0 Å². The van der Waals surface area contributed by atoms with E-state index >= 15 is 0 Å². The predicted octanol–water partition coefficient (Wildman–Crippen LogP) is 4.77. The highest BCUT2D eigenvalue weighted by atomic mass is 32.2. The standard InChI is InChI=1S/C22H23NO4S/c1-3-26-20-12-10-19(11-13-20)23-16-18-6-4-5-7-22(18)27-28(24,25)21-14-8-17(2)9-15-21/h4-15,23H,3,16H2,1-2H3. The molecule has 0 atom stereocenters. The fourth-order valence-electron chi connectivity index (χ4n) is 2.64. The van der Waals surface area contributed by atoms with Crippen molar-refractivity contribution in [3.05, 3.63) is 83.9 Å². The minimum Gasteiger partial charge on any atom is -0.494 e. The molecule has 3 aromatic rings. The van der Waals surface area contributed by atoms with E-state index in [2.05, 4.69) is 5.32 Å².